The molecule has 4 N–H and O–H groups in total. The standard InChI is InChI=1S/C30H44N2O6/c1-3-5-7-9-11-13-19-37-23-15-17-25(27(33)21-23)29(35)31-32-30(36)26-18-16-24(22-28(26)34)38-20-14-12-10-8-6-4-2/h15-18,21-22,33-34H,3-14,19-20H2,1-2H3,(H,31,35)(H,32,36). The van der Waals surface area contributed by atoms with Gasteiger partial charge >= 0.3 is 0 Å². The number of benzene rings is 2. The fraction of sp³-hybridized carbons (Fsp3) is 0.533. The van der Waals surface area contributed by atoms with Gasteiger partial charge in [0.2, 0.25) is 0 Å². The van der Waals surface area contributed by atoms with Gasteiger partial charge in [-0.2, -0.15) is 0 Å². The summed E-state index contributed by atoms with van der Waals surface area (Å²) in [4.78, 5) is 24.9. The monoisotopic (exact) mass is 528 g/mol. The van der Waals surface area contributed by atoms with E-state index >= 15 is 0 Å². The number of phenols is 2. The van der Waals surface area contributed by atoms with E-state index in [9.17, 15) is 19.8 Å². The van der Waals surface area contributed by atoms with Crippen LogP contribution in [0.25, 0.3) is 0 Å². The van der Waals surface area contributed by atoms with Crippen LogP contribution in [0.1, 0.15) is 112 Å². The third-order valence-electron chi connectivity index (χ3n) is 6.25. The second-order valence-corrected chi connectivity index (χ2v) is 9.50. The Labute approximate surface area is 226 Å². The number of phenolic OH excluding ortho intramolecular Hbond substituents is 2. The second kappa shape index (κ2) is 17.9. The van der Waals surface area contributed by atoms with Crippen molar-refractivity contribution in [2.24, 2.45) is 0 Å². The molecule has 0 aromatic heterocycles. The van der Waals surface area contributed by atoms with E-state index in [1.165, 1.54) is 75.6 Å². The fourth-order valence-electron chi connectivity index (χ4n) is 3.98. The highest BCUT2D eigenvalue weighted by Gasteiger charge is 2.16. The van der Waals surface area contributed by atoms with Crippen molar-refractivity contribution >= 4 is 11.8 Å². The molecular formula is C30H44N2O6. The molecule has 8 nitrogen and oxygen atoms in total. The van der Waals surface area contributed by atoms with Gasteiger partial charge in [-0.3, -0.25) is 20.4 Å². The first-order valence-electron chi connectivity index (χ1n) is 14.0. The maximum Gasteiger partial charge on any atom is 0.273 e. The van der Waals surface area contributed by atoms with Crippen molar-refractivity contribution in [2.75, 3.05) is 13.2 Å². The van der Waals surface area contributed by atoms with E-state index in [-0.39, 0.29) is 22.6 Å². The molecule has 0 atom stereocenters. The van der Waals surface area contributed by atoms with E-state index in [1.54, 1.807) is 12.1 Å². The Balaban J connectivity index is 1.76. The zero-order valence-electron chi connectivity index (χ0n) is 22.9. The molecule has 0 spiro atoms. The molecule has 2 aromatic rings. The van der Waals surface area contributed by atoms with Crippen LogP contribution in [0, 0.1) is 0 Å². The van der Waals surface area contributed by atoms with E-state index in [4.69, 9.17) is 9.47 Å². The summed E-state index contributed by atoms with van der Waals surface area (Å²) in [5, 5.41) is 20.5. The summed E-state index contributed by atoms with van der Waals surface area (Å²) in [6.45, 7) is 5.45. The molecule has 2 aromatic carbocycles. The summed E-state index contributed by atoms with van der Waals surface area (Å²) in [5.41, 5.74) is 4.49. The van der Waals surface area contributed by atoms with Crippen LogP contribution in [0.15, 0.2) is 36.4 Å². The first-order chi connectivity index (χ1) is 18.5. The minimum atomic E-state index is -0.697. The number of unbranched alkanes of at least 4 members (excludes halogenated alkanes) is 10. The summed E-state index contributed by atoms with van der Waals surface area (Å²) in [6.07, 6.45) is 13.8. The van der Waals surface area contributed by atoms with Crippen LogP contribution >= 0.6 is 0 Å². The van der Waals surface area contributed by atoms with Crippen LogP contribution in [-0.4, -0.2) is 35.2 Å². The molecule has 0 saturated heterocycles. The van der Waals surface area contributed by atoms with E-state index < -0.39 is 11.8 Å². The van der Waals surface area contributed by atoms with Gasteiger partial charge in [-0.1, -0.05) is 78.1 Å². The fourth-order valence-corrected chi connectivity index (χ4v) is 3.98. The molecule has 0 unspecified atom stereocenters. The first-order valence-corrected chi connectivity index (χ1v) is 14.0. The SMILES string of the molecule is CCCCCCCCOc1ccc(C(=O)NNC(=O)c2ccc(OCCCCCCCC)cc2O)c(O)c1. The highest BCUT2D eigenvalue weighted by Crippen LogP contribution is 2.25. The van der Waals surface area contributed by atoms with Gasteiger partial charge in [0.25, 0.3) is 11.8 Å². The number of carbonyl (C=O) groups is 2. The van der Waals surface area contributed by atoms with Gasteiger partial charge in [0, 0.05) is 12.1 Å². The van der Waals surface area contributed by atoms with Crippen molar-refractivity contribution in [2.45, 2.75) is 90.9 Å². The molecule has 0 aliphatic rings. The van der Waals surface area contributed by atoms with Crippen LogP contribution in [0.2, 0.25) is 0 Å². The van der Waals surface area contributed by atoms with E-state index in [0.717, 1.165) is 25.7 Å². The predicted octanol–water partition coefficient (Wildman–Crippen LogP) is 6.65. The van der Waals surface area contributed by atoms with Gasteiger partial charge in [-0.05, 0) is 37.1 Å². The lowest BCUT2D eigenvalue weighted by molar-refractivity contribution is 0.0843. The van der Waals surface area contributed by atoms with Gasteiger partial charge in [-0.15, -0.1) is 0 Å². The molecular weight excluding hydrogens is 484 g/mol. The lowest BCUT2D eigenvalue weighted by atomic mass is 10.1. The molecule has 0 saturated carbocycles. The van der Waals surface area contributed by atoms with Crippen molar-refractivity contribution in [1.82, 2.24) is 10.9 Å². The number of aromatic hydroxyl groups is 2. The maximum absolute atomic E-state index is 12.5. The molecule has 0 radical (unpaired) electrons. The Kier molecular flexibility index (Phi) is 14.5. The van der Waals surface area contributed by atoms with E-state index in [0.29, 0.717) is 24.7 Å². The Hall–Kier alpha value is -3.42. The van der Waals surface area contributed by atoms with Crippen molar-refractivity contribution in [1.29, 1.82) is 0 Å². The largest absolute Gasteiger partial charge is 0.507 e. The quantitative estimate of drug-likeness (QED) is 0.127. The Bertz CT molecular complexity index is 915. The molecule has 0 aliphatic carbocycles. The summed E-state index contributed by atoms with van der Waals surface area (Å²) in [5.74, 6) is -0.965. The Morgan fingerprint density at radius 3 is 1.34 bits per heavy atom. The average molecular weight is 529 g/mol. The molecule has 2 rings (SSSR count). The zero-order chi connectivity index (χ0) is 27.6. The summed E-state index contributed by atoms with van der Waals surface area (Å²) < 4.78 is 11.3. The van der Waals surface area contributed by atoms with Crippen molar-refractivity contribution < 1.29 is 29.3 Å². The lowest BCUT2D eigenvalue weighted by Gasteiger charge is -2.12. The first kappa shape index (κ1) is 30.8. The van der Waals surface area contributed by atoms with Crippen molar-refractivity contribution in [3.05, 3.63) is 47.5 Å². The molecule has 210 valence electrons. The second-order valence-electron chi connectivity index (χ2n) is 9.50. The van der Waals surface area contributed by atoms with Gasteiger partial charge < -0.3 is 19.7 Å². The minimum absolute atomic E-state index is 0.0140. The van der Waals surface area contributed by atoms with Crippen LogP contribution in [-0.2, 0) is 0 Å². The van der Waals surface area contributed by atoms with Crippen LogP contribution in [0.5, 0.6) is 23.0 Å². The number of rotatable bonds is 18. The Morgan fingerprint density at radius 1 is 0.605 bits per heavy atom. The van der Waals surface area contributed by atoms with Crippen LogP contribution < -0.4 is 20.3 Å². The summed E-state index contributed by atoms with van der Waals surface area (Å²) in [6, 6.07) is 8.82. The Morgan fingerprint density at radius 2 is 0.974 bits per heavy atom. The van der Waals surface area contributed by atoms with Crippen molar-refractivity contribution in [3.8, 4) is 23.0 Å². The van der Waals surface area contributed by atoms with Crippen molar-refractivity contribution in [3.63, 3.8) is 0 Å². The molecule has 2 amide bonds. The highest BCUT2D eigenvalue weighted by molar-refractivity contribution is 6.01. The number of ether oxygens (including phenoxy) is 2. The molecule has 0 heterocycles. The zero-order valence-corrected chi connectivity index (χ0v) is 22.9. The normalized spacial score (nSPS) is 10.7. The molecule has 0 fully saturated rings. The maximum atomic E-state index is 12.5. The molecule has 0 bridgehead atoms. The van der Waals surface area contributed by atoms with Gasteiger partial charge in [0.1, 0.15) is 23.0 Å². The summed E-state index contributed by atoms with van der Waals surface area (Å²) >= 11 is 0. The number of hydrogen-bond acceptors (Lipinski definition) is 6. The minimum Gasteiger partial charge on any atom is -0.507 e. The number of amides is 2. The number of hydrogen-bond donors (Lipinski definition) is 4. The summed E-state index contributed by atoms with van der Waals surface area (Å²) in [7, 11) is 0. The molecule has 8 heteroatoms. The van der Waals surface area contributed by atoms with Gasteiger partial charge in [-0.25, -0.2) is 0 Å². The van der Waals surface area contributed by atoms with Gasteiger partial charge in [0.05, 0.1) is 24.3 Å². The smallest absolute Gasteiger partial charge is 0.273 e. The molecule has 0 aliphatic heterocycles. The predicted molar refractivity (Wildman–Crippen MR) is 149 cm³/mol. The van der Waals surface area contributed by atoms with Crippen LogP contribution in [0.4, 0.5) is 0 Å². The van der Waals surface area contributed by atoms with Gasteiger partial charge in [0.15, 0.2) is 0 Å². The molecule has 38 heavy (non-hydrogen) atoms. The topological polar surface area (TPSA) is 117 Å². The number of hydrazine groups is 1. The average Bonchev–Trinajstić information content (AvgIpc) is 2.90. The van der Waals surface area contributed by atoms with Crippen LogP contribution in [0.3, 0.4) is 0 Å². The lowest BCUT2D eigenvalue weighted by Crippen LogP contribution is -2.41. The van der Waals surface area contributed by atoms with E-state index in [1.807, 2.05) is 0 Å². The van der Waals surface area contributed by atoms with E-state index in [2.05, 4.69) is 24.7 Å². The third-order valence-corrected chi connectivity index (χ3v) is 6.25. The highest BCUT2D eigenvalue weighted by atomic mass is 16.5. The number of carbonyl (C=O) groups excluding carboxylic acids is 2. The number of nitrogens with one attached hydrogen (secondary N) is 2. The third kappa shape index (κ3) is 11.3.